The number of carbonyl (C=O) groups is 3. The first-order valence-corrected chi connectivity index (χ1v) is 14.1. The Morgan fingerprint density at radius 2 is 1.95 bits per heavy atom. The SMILES string of the molecule is C[C@@H]1CCN(C(=O)CC#N)C[C@H]1CNc1ncnc2c1ccn2C(=O)NCC(=O)Nc1ccc(N2CCNCC2)cn1. The molecule has 0 aliphatic carbocycles. The smallest absolute Gasteiger partial charge is 0.327 e. The van der Waals surface area contributed by atoms with Crippen LogP contribution in [-0.4, -0.2) is 94.6 Å². The van der Waals surface area contributed by atoms with E-state index in [0.717, 1.165) is 38.3 Å². The zero-order chi connectivity index (χ0) is 29.5. The number of piperidine rings is 1. The molecule has 5 heterocycles. The predicted octanol–water partition coefficient (Wildman–Crippen LogP) is 1.24. The van der Waals surface area contributed by atoms with Crippen LogP contribution in [0.3, 0.4) is 0 Å². The van der Waals surface area contributed by atoms with Crippen molar-refractivity contribution in [3.8, 4) is 6.07 Å². The Hall–Kier alpha value is -4.77. The third-order valence-electron chi connectivity index (χ3n) is 7.83. The molecule has 3 amide bonds. The number of nitrogens with one attached hydrogen (secondary N) is 4. The van der Waals surface area contributed by atoms with Crippen LogP contribution >= 0.6 is 0 Å². The minimum atomic E-state index is -0.501. The van der Waals surface area contributed by atoms with Gasteiger partial charge in [-0.25, -0.2) is 19.7 Å². The number of hydrogen-bond donors (Lipinski definition) is 4. The summed E-state index contributed by atoms with van der Waals surface area (Å²) in [6.45, 7) is 7.37. The number of rotatable bonds is 8. The first-order valence-electron chi connectivity index (χ1n) is 14.1. The maximum atomic E-state index is 12.9. The number of nitrogens with zero attached hydrogens (tertiary/aromatic N) is 7. The second-order valence-electron chi connectivity index (χ2n) is 10.6. The lowest BCUT2D eigenvalue weighted by molar-refractivity contribution is -0.132. The van der Waals surface area contributed by atoms with E-state index in [1.807, 2.05) is 12.1 Å². The van der Waals surface area contributed by atoms with Crippen LogP contribution in [0.4, 0.5) is 22.1 Å². The van der Waals surface area contributed by atoms with Crippen LogP contribution < -0.4 is 26.2 Å². The van der Waals surface area contributed by atoms with Gasteiger partial charge in [0.25, 0.3) is 0 Å². The number of anilines is 3. The molecule has 4 N–H and O–H groups in total. The van der Waals surface area contributed by atoms with E-state index in [4.69, 9.17) is 5.26 Å². The van der Waals surface area contributed by atoms with Crippen LogP contribution in [0.25, 0.3) is 11.0 Å². The Labute approximate surface area is 243 Å². The molecule has 14 heteroatoms. The molecule has 2 aliphatic heterocycles. The summed E-state index contributed by atoms with van der Waals surface area (Å²) in [6, 6.07) is 6.84. The van der Waals surface area contributed by atoms with Crippen molar-refractivity contribution in [3.05, 3.63) is 36.9 Å². The van der Waals surface area contributed by atoms with Crippen LogP contribution in [0.5, 0.6) is 0 Å². The second-order valence-corrected chi connectivity index (χ2v) is 10.6. The van der Waals surface area contributed by atoms with Gasteiger partial charge in [0.2, 0.25) is 11.8 Å². The quantitative estimate of drug-likeness (QED) is 0.307. The van der Waals surface area contributed by atoms with Crippen molar-refractivity contribution in [2.45, 2.75) is 19.8 Å². The van der Waals surface area contributed by atoms with Crippen molar-refractivity contribution in [3.63, 3.8) is 0 Å². The summed E-state index contributed by atoms with van der Waals surface area (Å²) in [5.74, 6) is 1.02. The van der Waals surface area contributed by atoms with Gasteiger partial charge in [-0.2, -0.15) is 5.26 Å². The molecule has 0 radical (unpaired) electrons. The Balaban J connectivity index is 1.15. The first kappa shape index (κ1) is 28.7. The van der Waals surface area contributed by atoms with Crippen LogP contribution in [0.2, 0.25) is 0 Å². The van der Waals surface area contributed by atoms with Crippen molar-refractivity contribution >= 4 is 46.2 Å². The number of pyridine rings is 1. The van der Waals surface area contributed by atoms with Crippen molar-refractivity contribution in [2.75, 3.05) is 67.9 Å². The lowest BCUT2D eigenvalue weighted by atomic mass is 9.87. The van der Waals surface area contributed by atoms with E-state index in [1.54, 1.807) is 29.4 Å². The summed E-state index contributed by atoms with van der Waals surface area (Å²) < 4.78 is 1.33. The highest BCUT2D eigenvalue weighted by Gasteiger charge is 2.29. The summed E-state index contributed by atoms with van der Waals surface area (Å²) in [6.07, 6.45) is 5.45. The average Bonchev–Trinajstić information content (AvgIpc) is 3.45. The fourth-order valence-electron chi connectivity index (χ4n) is 5.30. The van der Waals surface area contributed by atoms with Gasteiger partial charge in [0.1, 0.15) is 24.4 Å². The number of likely N-dealkylation sites (tertiary alicyclic amines) is 1. The molecule has 2 atom stereocenters. The zero-order valence-electron chi connectivity index (χ0n) is 23.5. The number of amides is 3. The highest BCUT2D eigenvalue weighted by atomic mass is 16.2. The molecule has 2 fully saturated rings. The minimum Gasteiger partial charge on any atom is -0.369 e. The topological polar surface area (TPSA) is 173 Å². The molecule has 3 aromatic rings. The molecule has 0 aromatic carbocycles. The molecule has 220 valence electrons. The van der Waals surface area contributed by atoms with Crippen molar-refractivity contribution in [1.82, 2.24) is 35.1 Å². The number of aromatic nitrogens is 4. The van der Waals surface area contributed by atoms with Crippen LogP contribution in [0.1, 0.15) is 19.8 Å². The summed E-state index contributed by atoms with van der Waals surface area (Å²) in [5, 5.41) is 21.5. The molecule has 2 aliphatic rings. The number of nitriles is 1. The van der Waals surface area contributed by atoms with E-state index in [9.17, 15) is 14.4 Å². The summed E-state index contributed by atoms with van der Waals surface area (Å²) >= 11 is 0. The summed E-state index contributed by atoms with van der Waals surface area (Å²) in [4.78, 5) is 54.6. The standard InChI is InChI=1S/C28H35N11O3/c1-19-5-10-38(25(41)4-7-29)17-20(19)14-32-26-22-6-11-39(27(22)35-18-34-26)28(42)33-16-24(40)36-23-3-2-21(15-31-23)37-12-8-30-9-13-37/h2-3,6,11,15,18-20,30H,4-5,8-10,12-14,16-17H2,1H3,(H,33,42)(H,31,36,40)(H,32,34,35)/t19-,20-/m1/s1. The van der Waals surface area contributed by atoms with Crippen LogP contribution in [0, 0.1) is 23.2 Å². The van der Waals surface area contributed by atoms with Gasteiger partial charge in [-0.3, -0.25) is 14.2 Å². The summed E-state index contributed by atoms with van der Waals surface area (Å²) in [5.41, 5.74) is 1.40. The third kappa shape index (κ3) is 6.74. The van der Waals surface area contributed by atoms with E-state index in [2.05, 4.69) is 48.0 Å². The molecule has 0 spiro atoms. The van der Waals surface area contributed by atoms with Crippen LogP contribution in [0.15, 0.2) is 36.9 Å². The molecule has 0 saturated carbocycles. The molecule has 14 nitrogen and oxygen atoms in total. The number of carbonyl (C=O) groups excluding carboxylic acids is 3. The Kier molecular flexibility index (Phi) is 9.08. The third-order valence-corrected chi connectivity index (χ3v) is 7.83. The van der Waals surface area contributed by atoms with Crippen molar-refractivity contribution < 1.29 is 14.4 Å². The van der Waals surface area contributed by atoms with E-state index in [1.165, 1.54) is 10.9 Å². The highest BCUT2D eigenvalue weighted by Crippen LogP contribution is 2.26. The van der Waals surface area contributed by atoms with Crippen molar-refractivity contribution in [2.24, 2.45) is 11.8 Å². The normalized spacial score (nSPS) is 18.8. The Morgan fingerprint density at radius 3 is 2.71 bits per heavy atom. The van der Waals surface area contributed by atoms with E-state index in [-0.39, 0.29) is 24.8 Å². The first-order chi connectivity index (χ1) is 20.4. The number of piperazine rings is 1. The molecular weight excluding hydrogens is 538 g/mol. The Bertz CT molecular complexity index is 1460. The average molecular weight is 574 g/mol. The maximum Gasteiger partial charge on any atom is 0.327 e. The van der Waals surface area contributed by atoms with Gasteiger partial charge in [-0.1, -0.05) is 6.92 Å². The van der Waals surface area contributed by atoms with Crippen molar-refractivity contribution in [1.29, 1.82) is 5.26 Å². The van der Waals surface area contributed by atoms with Gasteiger partial charge in [-0.15, -0.1) is 0 Å². The van der Waals surface area contributed by atoms with Gasteiger partial charge >= 0.3 is 6.03 Å². The highest BCUT2D eigenvalue weighted by molar-refractivity contribution is 5.97. The molecule has 2 saturated heterocycles. The van der Waals surface area contributed by atoms with Gasteiger partial charge in [0.05, 0.1) is 29.9 Å². The van der Waals surface area contributed by atoms with Gasteiger partial charge in [0, 0.05) is 52.0 Å². The van der Waals surface area contributed by atoms with Crippen LogP contribution in [-0.2, 0) is 9.59 Å². The van der Waals surface area contributed by atoms with Gasteiger partial charge < -0.3 is 31.1 Å². The molecule has 42 heavy (non-hydrogen) atoms. The Morgan fingerprint density at radius 1 is 1.12 bits per heavy atom. The molecule has 0 bridgehead atoms. The fourth-order valence-corrected chi connectivity index (χ4v) is 5.30. The summed E-state index contributed by atoms with van der Waals surface area (Å²) in [7, 11) is 0. The second kappa shape index (κ2) is 13.3. The molecule has 3 aromatic heterocycles. The monoisotopic (exact) mass is 573 g/mol. The van der Waals surface area contributed by atoms with E-state index >= 15 is 0 Å². The number of fused-ring (bicyclic) bond motifs is 1. The van der Waals surface area contributed by atoms with Gasteiger partial charge in [0.15, 0.2) is 5.65 Å². The zero-order valence-corrected chi connectivity index (χ0v) is 23.5. The number of hydrogen-bond acceptors (Lipinski definition) is 10. The largest absolute Gasteiger partial charge is 0.369 e. The maximum absolute atomic E-state index is 12.9. The molecule has 0 unspecified atom stereocenters. The predicted molar refractivity (Wildman–Crippen MR) is 157 cm³/mol. The minimum absolute atomic E-state index is 0.112. The lowest BCUT2D eigenvalue weighted by Gasteiger charge is -2.37. The lowest BCUT2D eigenvalue weighted by Crippen LogP contribution is -2.45. The van der Waals surface area contributed by atoms with E-state index in [0.29, 0.717) is 48.2 Å². The molecule has 5 rings (SSSR count). The van der Waals surface area contributed by atoms with Gasteiger partial charge in [-0.05, 0) is 36.5 Å². The molecular formula is C28H35N11O3. The van der Waals surface area contributed by atoms with E-state index < -0.39 is 11.9 Å². The fraction of sp³-hybridized carbons (Fsp3) is 0.464.